The van der Waals surface area contributed by atoms with Crippen LogP contribution in [0.2, 0.25) is 0 Å². The lowest BCUT2D eigenvalue weighted by molar-refractivity contribution is -0.117. The molecule has 0 unspecified atom stereocenters. The van der Waals surface area contributed by atoms with Gasteiger partial charge in [-0.15, -0.1) is 0 Å². The first kappa shape index (κ1) is 15.9. The van der Waals surface area contributed by atoms with E-state index in [9.17, 15) is 9.59 Å². The minimum Gasteiger partial charge on any atom is -0.321 e. The molecule has 0 aliphatic heterocycles. The summed E-state index contributed by atoms with van der Waals surface area (Å²) in [5.74, 6) is 0.987. The van der Waals surface area contributed by atoms with Crippen LogP contribution in [0.5, 0.6) is 0 Å². The summed E-state index contributed by atoms with van der Waals surface area (Å²) in [6, 6.07) is 6.79. The molecule has 3 heterocycles. The lowest BCUT2D eigenvalue weighted by Crippen LogP contribution is -2.15. The highest BCUT2D eigenvalue weighted by atomic mass is 16.2. The van der Waals surface area contributed by atoms with Crippen molar-refractivity contribution in [1.82, 2.24) is 19.5 Å². The lowest BCUT2D eigenvalue weighted by atomic mass is 10.2. The molecule has 4 rings (SSSR count). The van der Waals surface area contributed by atoms with Crippen molar-refractivity contribution < 1.29 is 9.59 Å². The van der Waals surface area contributed by atoms with E-state index < -0.39 is 0 Å². The normalized spacial score (nSPS) is 13.2. The average molecular weight is 348 g/mol. The Labute approximate surface area is 149 Å². The minimum absolute atomic E-state index is 0.00154. The summed E-state index contributed by atoms with van der Waals surface area (Å²) in [5.41, 5.74) is 0.970. The van der Waals surface area contributed by atoms with Crippen LogP contribution >= 0.6 is 0 Å². The van der Waals surface area contributed by atoms with Crippen molar-refractivity contribution in [3.63, 3.8) is 0 Å². The van der Waals surface area contributed by atoms with Crippen LogP contribution in [0.1, 0.15) is 23.2 Å². The molecule has 130 valence electrons. The van der Waals surface area contributed by atoms with Gasteiger partial charge in [0.1, 0.15) is 18.0 Å². The molecule has 26 heavy (non-hydrogen) atoms. The van der Waals surface area contributed by atoms with Crippen molar-refractivity contribution in [3.8, 4) is 5.82 Å². The van der Waals surface area contributed by atoms with E-state index in [2.05, 4.69) is 25.6 Å². The van der Waals surface area contributed by atoms with E-state index in [1.807, 2.05) is 0 Å². The van der Waals surface area contributed by atoms with Crippen LogP contribution in [0, 0.1) is 5.92 Å². The number of carbonyl (C=O) groups is 2. The number of anilines is 2. The molecule has 8 nitrogen and oxygen atoms in total. The largest absolute Gasteiger partial charge is 0.321 e. The third kappa shape index (κ3) is 3.59. The van der Waals surface area contributed by atoms with Gasteiger partial charge < -0.3 is 10.6 Å². The molecule has 0 atom stereocenters. The molecule has 1 aliphatic rings. The van der Waals surface area contributed by atoms with Gasteiger partial charge in [-0.1, -0.05) is 0 Å². The maximum Gasteiger partial charge on any atom is 0.257 e. The second-order valence-electron chi connectivity index (χ2n) is 6.02. The highest BCUT2D eigenvalue weighted by molar-refractivity contribution is 6.04. The first-order chi connectivity index (χ1) is 12.7. The summed E-state index contributed by atoms with van der Waals surface area (Å²) in [6.07, 6.45) is 9.96. The number of imidazole rings is 1. The van der Waals surface area contributed by atoms with Crippen LogP contribution in [-0.2, 0) is 4.79 Å². The highest BCUT2D eigenvalue weighted by Gasteiger charge is 2.29. The Hall–Kier alpha value is -3.55. The molecule has 3 aromatic heterocycles. The molecule has 1 fully saturated rings. The number of aromatic nitrogens is 4. The number of nitrogens with one attached hydrogen (secondary N) is 2. The van der Waals surface area contributed by atoms with Crippen LogP contribution in [0.15, 0.2) is 55.4 Å². The van der Waals surface area contributed by atoms with E-state index in [1.165, 1.54) is 12.4 Å². The molecule has 3 aromatic rings. The van der Waals surface area contributed by atoms with Gasteiger partial charge in [-0.25, -0.2) is 15.0 Å². The topological polar surface area (TPSA) is 102 Å². The second-order valence-corrected chi connectivity index (χ2v) is 6.02. The molecule has 1 saturated carbocycles. The molecule has 0 radical (unpaired) electrons. The van der Waals surface area contributed by atoms with Gasteiger partial charge in [0.05, 0.1) is 17.4 Å². The highest BCUT2D eigenvalue weighted by Crippen LogP contribution is 2.29. The van der Waals surface area contributed by atoms with Crippen molar-refractivity contribution >= 4 is 23.3 Å². The molecule has 8 heteroatoms. The molecule has 1 aliphatic carbocycles. The fraction of sp³-hybridized carbons (Fsp3) is 0.167. The number of amides is 2. The molecule has 2 N–H and O–H groups in total. The average Bonchev–Trinajstić information content (AvgIpc) is 3.38. The standard InChI is InChI=1S/C18H16N6O2/c25-17(12-1-2-12)23-15-5-4-14(10-20-15)22-18(26)13-3-6-16(21-9-13)24-8-7-19-11-24/h3-12H,1-2H2,(H,22,26)(H,20,23,25). The summed E-state index contributed by atoms with van der Waals surface area (Å²) in [4.78, 5) is 36.4. The Morgan fingerprint density at radius 3 is 2.54 bits per heavy atom. The molecule has 0 saturated heterocycles. The maximum atomic E-state index is 12.3. The third-order valence-electron chi connectivity index (χ3n) is 4.00. The van der Waals surface area contributed by atoms with Gasteiger partial charge in [0.25, 0.3) is 5.91 Å². The Morgan fingerprint density at radius 1 is 1.04 bits per heavy atom. The number of hydrogen-bond donors (Lipinski definition) is 2. The maximum absolute atomic E-state index is 12.3. The predicted molar refractivity (Wildman–Crippen MR) is 94.9 cm³/mol. The summed E-state index contributed by atoms with van der Waals surface area (Å²) >= 11 is 0. The predicted octanol–water partition coefficient (Wildman–Crippen LogP) is 2.26. The summed E-state index contributed by atoms with van der Waals surface area (Å²) in [6.45, 7) is 0. The monoisotopic (exact) mass is 348 g/mol. The zero-order valence-electron chi connectivity index (χ0n) is 13.8. The van der Waals surface area contributed by atoms with Crippen LogP contribution in [0.3, 0.4) is 0 Å². The SMILES string of the molecule is O=C(Nc1ccc(NC(=O)C2CC2)nc1)c1ccc(-n2ccnc2)nc1. The lowest BCUT2D eigenvalue weighted by Gasteiger charge is -2.07. The van der Waals surface area contributed by atoms with E-state index >= 15 is 0 Å². The van der Waals surface area contributed by atoms with E-state index in [4.69, 9.17) is 0 Å². The number of rotatable bonds is 5. The number of pyridine rings is 2. The van der Waals surface area contributed by atoms with E-state index in [1.54, 1.807) is 47.6 Å². The van der Waals surface area contributed by atoms with Gasteiger partial charge in [0, 0.05) is 24.5 Å². The number of hydrogen-bond acceptors (Lipinski definition) is 5. The van der Waals surface area contributed by atoms with Crippen molar-refractivity contribution in [1.29, 1.82) is 0 Å². The number of carbonyl (C=O) groups excluding carboxylic acids is 2. The van der Waals surface area contributed by atoms with Crippen molar-refractivity contribution in [2.75, 3.05) is 10.6 Å². The fourth-order valence-corrected chi connectivity index (χ4v) is 2.39. The zero-order valence-corrected chi connectivity index (χ0v) is 13.8. The fourth-order valence-electron chi connectivity index (χ4n) is 2.39. The molecule has 0 spiro atoms. The first-order valence-electron chi connectivity index (χ1n) is 8.22. The van der Waals surface area contributed by atoms with E-state index in [0.29, 0.717) is 22.9 Å². The molecular formula is C18H16N6O2. The molecule has 0 bridgehead atoms. The first-order valence-corrected chi connectivity index (χ1v) is 8.22. The van der Waals surface area contributed by atoms with Crippen molar-refractivity contribution in [2.45, 2.75) is 12.8 Å². The van der Waals surface area contributed by atoms with Gasteiger partial charge in [0.2, 0.25) is 5.91 Å². The van der Waals surface area contributed by atoms with Gasteiger partial charge >= 0.3 is 0 Å². The van der Waals surface area contributed by atoms with E-state index in [-0.39, 0.29) is 17.7 Å². The number of nitrogens with zero attached hydrogens (tertiary/aromatic N) is 4. The van der Waals surface area contributed by atoms with Gasteiger partial charge in [-0.05, 0) is 37.1 Å². The zero-order chi connectivity index (χ0) is 17.9. The molecular weight excluding hydrogens is 332 g/mol. The van der Waals surface area contributed by atoms with E-state index in [0.717, 1.165) is 12.8 Å². The minimum atomic E-state index is -0.286. The summed E-state index contributed by atoms with van der Waals surface area (Å²) in [7, 11) is 0. The van der Waals surface area contributed by atoms with Crippen LogP contribution in [-0.4, -0.2) is 31.3 Å². The van der Waals surface area contributed by atoms with Crippen LogP contribution < -0.4 is 10.6 Å². The van der Waals surface area contributed by atoms with Crippen molar-refractivity contribution in [2.24, 2.45) is 5.92 Å². The Morgan fingerprint density at radius 2 is 1.92 bits per heavy atom. The Bertz CT molecular complexity index is 915. The summed E-state index contributed by atoms with van der Waals surface area (Å²) < 4.78 is 1.75. The van der Waals surface area contributed by atoms with Crippen LogP contribution in [0.4, 0.5) is 11.5 Å². The Balaban J connectivity index is 1.38. The second kappa shape index (κ2) is 6.75. The summed E-state index contributed by atoms with van der Waals surface area (Å²) in [5, 5.41) is 5.51. The van der Waals surface area contributed by atoms with Crippen LogP contribution in [0.25, 0.3) is 5.82 Å². The van der Waals surface area contributed by atoms with Crippen molar-refractivity contribution in [3.05, 3.63) is 60.9 Å². The quantitative estimate of drug-likeness (QED) is 0.736. The van der Waals surface area contributed by atoms with Gasteiger partial charge in [0.15, 0.2) is 0 Å². The Kier molecular flexibility index (Phi) is 4.14. The third-order valence-corrected chi connectivity index (χ3v) is 4.00. The molecule has 0 aromatic carbocycles. The molecule has 2 amide bonds. The van der Waals surface area contributed by atoms with Gasteiger partial charge in [-0.2, -0.15) is 0 Å². The van der Waals surface area contributed by atoms with Gasteiger partial charge in [-0.3, -0.25) is 14.2 Å². The smallest absolute Gasteiger partial charge is 0.257 e.